The second-order valence-electron chi connectivity index (χ2n) is 7.38. The van der Waals surface area contributed by atoms with Crippen LogP contribution in [0.4, 0.5) is 0 Å². The predicted octanol–water partition coefficient (Wildman–Crippen LogP) is 3.86. The Morgan fingerprint density at radius 1 is 1.15 bits per heavy atom. The largest absolute Gasteiger partial charge is 0.372 e. The van der Waals surface area contributed by atoms with E-state index in [2.05, 4.69) is 57.3 Å². The van der Waals surface area contributed by atoms with Crippen molar-refractivity contribution < 1.29 is 4.74 Å². The molecule has 112 valence electrons. The molecule has 0 radical (unpaired) electrons. The van der Waals surface area contributed by atoms with Crippen LogP contribution in [0.25, 0.3) is 0 Å². The van der Waals surface area contributed by atoms with Gasteiger partial charge in [-0.15, -0.1) is 0 Å². The molecule has 0 saturated carbocycles. The highest BCUT2D eigenvalue weighted by Crippen LogP contribution is 2.32. The summed E-state index contributed by atoms with van der Waals surface area (Å²) in [6.07, 6.45) is 1.59. The maximum Gasteiger partial charge on any atom is 0.0732 e. The molecule has 0 bridgehead atoms. The summed E-state index contributed by atoms with van der Waals surface area (Å²) in [6, 6.07) is 10.5. The van der Waals surface area contributed by atoms with Crippen molar-refractivity contribution in [3.8, 4) is 0 Å². The lowest BCUT2D eigenvalue weighted by molar-refractivity contribution is -0.0330. The van der Waals surface area contributed by atoms with Crippen LogP contribution in [0.1, 0.15) is 39.7 Å². The standard InChI is InChI=1S/C18H29NO/c1-14-16(10-18(2,3)4)11-19-12-17(14)20-13-15-8-6-5-7-9-15/h5-9,14,16-17,19H,10-13H2,1-4H3/t14-,16?,17?/m1/s1. The number of nitrogens with one attached hydrogen (secondary N) is 1. The first-order chi connectivity index (χ1) is 9.46. The zero-order chi connectivity index (χ0) is 14.6. The number of hydrogen-bond acceptors (Lipinski definition) is 2. The number of benzene rings is 1. The Bertz CT molecular complexity index is 396. The van der Waals surface area contributed by atoms with Crippen LogP contribution >= 0.6 is 0 Å². The summed E-state index contributed by atoms with van der Waals surface area (Å²) >= 11 is 0. The first kappa shape index (κ1) is 15.5. The summed E-state index contributed by atoms with van der Waals surface area (Å²) < 4.78 is 6.16. The second-order valence-corrected chi connectivity index (χ2v) is 7.38. The van der Waals surface area contributed by atoms with Crippen LogP contribution in [-0.4, -0.2) is 19.2 Å². The molecule has 1 fully saturated rings. The van der Waals surface area contributed by atoms with E-state index >= 15 is 0 Å². The summed E-state index contributed by atoms with van der Waals surface area (Å²) in [5.41, 5.74) is 1.65. The summed E-state index contributed by atoms with van der Waals surface area (Å²) in [6.45, 7) is 12.2. The van der Waals surface area contributed by atoms with Crippen molar-refractivity contribution in [2.75, 3.05) is 13.1 Å². The smallest absolute Gasteiger partial charge is 0.0732 e. The molecule has 3 atom stereocenters. The Balaban J connectivity index is 1.88. The van der Waals surface area contributed by atoms with E-state index in [0.717, 1.165) is 19.7 Å². The Morgan fingerprint density at radius 2 is 1.85 bits per heavy atom. The van der Waals surface area contributed by atoms with Gasteiger partial charge in [-0.05, 0) is 35.8 Å². The van der Waals surface area contributed by atoms with E-state index in [9.17, 15) is 0 Å². The van der Waals surface area contributed by atoms with Gasteiger partial charge < -0.3 is 10.1 Å². The minimum atomic E-state index is 0.330. The molecule has 1 aliphatic rings. The molecule has 1 aromatic rings. The van der Waals surface area contributed by atoms with Crippen molar-refractivity contribution in [3.63, 3.8) is 0 Å². The molecule has 1 aromatic carbocycles. The van der Waals surface area contributed by atoms with Gasteiger partial charge in [-0.3, -0.25) is 0 Å². The Morgan fingerprint density at radius 3 is 2.50 bits per heavy atom. The van der Waals surface area contributed by atoms with E-state index in [1.165, 1.54) is 12.0 Å². The van der Waals surface area contributed by atoms with E-state index in [1.807, 2.05) is 6.07 Å². The van der Waals surface area contributed by atoms with Crippen LogP contribution in [0.5, 0.6) is 0 Å². The maximum atomic E-state index is 6.16. The molecule has 0 amide bonds. The van der Waals surface area contributed by atoms with Crippen LogP contribution in [-0.2, 0) is 11.3 Å². The fourth-order valence-electron chi connectivity index (χ4n) is 3.12. The Hall–Kier alpha value is -0.860. The quantitative estimate of drug-likeness (QED) is 0.901. The van der Waals surface area contributed by atoms with Crippen LogP contribution in [0.2, 0.25) is 0 Å². The van der Waals surface area contributed by atoms with E-state index in [0.29, 0.717) is 23.4 Å². The molecular formula is C18H29NO. The SMILES string of the molecule is C[C@@H]1C(CC(C)(C)C)CNCC1OCc1ccccc1. The van der Waals surface area contributed by atoms with E-state index in [-0.39, 0.29) is 0 Å². The zero-order valence-corrected chi connectivity index (χ0v) is 13.4. The van der Waals surface area contributed by atoms with Crippen molar-refractivity contribution in [1.29, 1.82) is 0 Å². The number of hydrogen-bond donors (Lipinski definition) is 1. The maximum absolute atomic E-state index is 6.16. The average Bonchev–Trinajstić information content (AvgIpc) is 2.39. The molecule has 0 aliphatic carbocycles. The molecule has 1 heterocycles. The fourth-order valence-corrected chi connectivity index (χ4v) is 3.12. The predicted molar refractivity (Wildman–Crippen MR) is 84.6 cm³/mol. The van der Waals surface area contributed by atoms with Gasteiger partial charge in [-0.25, -0.2) is 0 Å². The zero-order valence-electron chi connectivity index (χ0n) is 13.4. The molecule has 0 aromatic heterocycles. The van der Waals surface area contributed by atoms with Gasteiger partial charge in [0.15, 0.2) is 0 Å². The molecule has 2 rings (SSSR count). The van der Waals surface area contributed by atoms with Crippen molar-refractivity contribution in [2.45, 2.75) is 46.8 Å². The number of piperidine rings is 1. The molecular weight excluding hydrogens is 246 g/mol. The highest BCUT2D eigenvalue weighted by Gasteiger charge is 2.32. The van der Waals surface area contributed by atoms with Gasteiger partial charge in [0, 0.05) is 6.54 Å². The van der Waals surface area contributed by atoms with Crippen molar-refractivity contribution in [2.24, 2.45) is 17.3 Å². The van der Waals surface area contributed by atoms with Gasteiger partial charge in [0.05, 0.1) is 12.7 Å². The van der Waals surface area contributed by atoms with Crippen LogP contribution < -0.4 is 5.32 Å². The number of ether oxygens (including phenoxy) is 1. The van der Waals surface area contributed by atoms with E-state index in [4.69, 9.17) is 4.74 Å². The topological polar surface area (TPSA) is 21.3 Å². The van der Waals surface area contributed by atoms with Gasteiger partial charge in [0.2, 0.25) is 0 Å². The molecule has 0 spiro atoms. The lowest BCUT2D eigenvalue weighted by Gasteiger charge is -2.39. The third-order valence-electron chi connectivity index (χ3n) is 4.26. The first-order valence-electron chi connectivity index (χ1n) is 7.82. The van der Waals surface area contributed by atoms with E-state index in [1.54, 1.807) is 0 Å². The minimum Gasteiger partial charge on any atom is -0.372 e. The first-order valence-corrected chi connectivity index (χ1v) is 7.82. The molecule has 1 N–H and O–H groups in total. The monoisotopic (exact) mass is 275 g/mol. The van der Waals surface area contributed by atoms with Gasteiger partial charge in [-0.1, -0.05) is 58.0 Å². The third kappa shape index (κ3) is 4.60. The van der Waals surface area contributed by atoms with Gasteiger partial charge in [0.1, 0.15) is 0 Å². The minimum absolute atomic E-state index is 0.330. The van der Waals surface area contributed by atoms with Crippen LogP contribution in [0.15, 0.2) is 30.3 Å². The molecule has 2 unspecified atom stereocenters. The Kier molecular flexibility index (Phi) is 5.22. The lowest BCUT2D eigenvalue weighted by Crippen LogP contribution is -2.47. The molecule has 1 aliphatic heterocycles. The molecule has 20 heavy (non-hydrogen) atoms. The normalized spacial score (nSPS) is 27.5. The number of rotatable bonds is 4. The van der Waals surface area contributed by atoms with Crippen molar-refractivity contribution >= 4 is 0 Å². The van der Waals surface area contributed by atoms with Crippen LogP contribution in [0, 0.1) is 17.3 Å². The van der Waals surface area contributed by atoms with Crippen molar-refractivity contribution in [3.05, 3.63) is 35.9 Å². The average molecular weight is 275 g/mol. The molecule has 2 heteroatoms. The fraction of sp³-hybridized carbons (Fsp3) is 0.667. The summed E-state index contributed by atoms with van der Waals surface area (Å²) in [5, 5.41) is 3.55. The van der Waals surface area contributed by atoms with Gasteiger partial charge in [-0.2, -0.15) is 0 Å². The highest BCUT2D eigenvalue weighted by atomic mass is 16.5. The van der Waals surface area contributed by atoms with Crippen molar-refractivity contribution in [1.82, 2.24) is 5.32 Å². The molecule has 1 saturated heterocycles. The highest BCUT2D eigenvalue weighted by molar-refractivity contribution is 5.13. The summed E-state index contributed by atoms with van der Waals surface area (Å²) in [7, 11) is 0. The Labute approximate surface area is 123 Å². The molecule has 2 nitrogen and oxygen atoms in total. The second kappa shape index (κ2) is 6.73. The van der Waals surface area contributed by atoms with Gasteiger partial charge in [0.25, 0.3) is 0 Å². The van der Waals surface area contributed by atoms with Gasteiger partial charge >= 0.3 is 0 Å². The van der Waals surface area contributed by atoms with Crippen LogP contribution in [0.3, 0.4) is 0 Å². The summed E-state index contributed by atoms with van der Waals surface area (Å²) in [4.78, 5) is 0. The summed E-state index contributed by atoms with van der Waals surface area (Å²) in [5.74, 6) is 1.34. The van der Waals surface area contributed by atoms with E-state index < -0.39 is 0 Å². The third-order valence-corrected chi connectivity index (χ3v) is 4.26. The lowest BCUT2D eigenvalue weighted by atomic mass is 9.75.